The van der Waals surface area contributed by atoms with Crippen LogP contribution in [0.4, 0.5) is 0 Å². The highest BCUT2D eigenvalue weighted by molar-refractivity contribution is 8.15. The summed E-state index contributed by atoms with van der Waals surface area (Å²) >= 11 is 1.08. The number of hydrogen-bond donors (Lipinski definition) is 2. The highest BCUT2D eigenvalue weighted by Crippen LogP contribution is 2.23. The smallest absolute Gasteiger partial charge is 0.305 e. The summed E-state index contributed by atoms with van der Waals surface area (Å²) in [5.74, 6) is -1.36. The molecule has 1 heterocycles. The zero-order valence-electron chi connectivity index (χ0n) is 14.3. The maximum Gasteiger partial charge on any atom is 0.305 e. The first-order valence-corrected chi connectivity index (χ1v) is 9.49. The molecule has 1 aliphatic heterocycles. The predicted octanol–water partition coefficient (Wildman–Crippen LogP) is 2.54. The molecular formula is C18H21N3O4S. The van der Waals surface area contributed by atoms with Crippen molar-refractivity contribution in [3.8, 4) is 0 Å². The van der Waals surface area contributed by atoms with E-state index in [4.69, 9.17) is 9.84 Å². The van der Waals surface area contributed by atoms with Crippen LogP contribution in [0.5, 0.6) is 0 Å². The molecule has 0 radical (unpaired) electrons. The lowest BCUT2D eigenvalue weighted by molar-refractivity contribution is -0.138. The fourth-order valence-corrected chi connectivity index (χ4v) is 3.84. The maximum absolute atomic E-state index is 11.6. The molecule has 26 heavy (non-hydrogen) atoms. The molecule has 1 atom stereocenters. The number of thioether (sulfide) groups is 1. The number of aliphatic carboxylic acids is 1. The first-order chi connectivity index (χ1) is 12.6. The molecule has 1 unspecified atom stereocenters. The Hall–Kier alpha value is -2.19. The Bertz CT molecular complexity index is 729. The van der Waals surface area contributed by atoms with Gasteiger partial charge < -0.3 is 15.2 Å². The van der Waals surface area contributed by atoms with Gasteiger partial charge in [0.05, 0.1) is 25.3 Å². The van der Waals surface area contributed by atoms with Gasteiger partial charge in [-0.1, -0.05) is 42.8 Å². The number of amidine groups is 1. The topological polar surface area (TPSA) is 100 Å². The third kappa shape index (κ3) is 5.40. The van der Waals surface area contributed by atoms with Crippen LogP contribution >= 0.6 is 11.8 Å². The minimum absolute atomic E-state index is 0.234. The Morgan fingerprint density at radius 2 is 2.19 bits per heavy atom. The Balaban J connectivity index is 1.54. The van der Waals surface area contributed by atoms with Gasteiger partial charge in [-0.05, 0) is 30.0 Å². The van der Waals surface area contributed by atoms with Gasteiger partial charge in [-0.3, -0.25) is 9.59 Å². The van der Waals surface area contributed by atoms with E-state index < -0.39 is 11.2 Å². The summed E-state index contributed by atoms with van der Waals surface area (Å²) in [5.41, 5.74) is 1.97. The molecule has 1 amide bonds. The fourth-order valence-electron chi connectivity index (χ4n) is 2.93. The van der Waals surface area contributed by atoms with Crippen molar-refractivity contribution in [2.24, 2.45) is 10.2 Å². The second-order valence-corrected chi connectivity index (χ2v) is 7.50. The Morgan fingerprint density at radius 3 is 2.96 bits per heavy atom. The van der Waals surface area contributed by atoms with Gasteiger partial charge >= 0.3 is 5.97 Å². The molecule has 1 aromatic rings. The first-order valence-electron chi connectivity index (χ1n) is 8.61. The van der Waals surface area contributed by atoms with E-state index in [1.54, 1.807) is 6.21 Å². The summed E-state index contributed by atoms with van der Waals surface area (Å²) < 4.78 is 5.91. The predicted molar refractivity (Wildman–Crippen MR) is 100 cm³/mol. The van der Waals surface area contributed by atoms with Gasteiger partial charge in [-0.25, -0.2) is 0 Å². The number of carbonyl (C=O) groups excluding carboxylic acids is 1. The number of carboxylic acid groups (broad SMARTS) is 1. The van der Waals surface area contributed by atoms with Crippen LogP contribution in [0.3, 0.4) is 0 Å². The van der Waals surface area contributed by atoms with Gasteiger partial charge in [0.25, 0.3) is 0 Å². The van der Waals surface area contributed by atoms with Crippen LogP contribution in [0, 0.1) is 0 Å². The van der Waals surface area contributed by atoms with E-state index in [1.165, 1.54) is 12.8 Å². The molecule has 1 aromatic carbocycles. The molecule has 2 aliphatic rings. The van der Waals surface area contributed by atoms with E-state index in [1.807, 2.05) is 24.3 Å². The molecule has 3 rings (SSSR count). The van der Waals surface area contributed by atoms with Gasteiger partial charge in [0.2, 0.25) is 5.91 Å². The van der Waals surface area contributed by atoms with Crippen molar-refractivity contribution < 1.29 is 19.4 Å². The molecule has 2 N–H and O–H groups in total. The van der Waals surface area contributed by atoms with Gasteiger partial charge in [0.15, 0.2) is 5.17 Å². The average molecular weight is 375 g/mol. The number of nitrogens with zero attached hydrogens (tertiary/aromatic N) is 2. The fraction of sp³-hybridized carbons (Fsp3) is 0.444. The molecule has 2 fully saturated rings. The quantitative estimate of drug-likeness (QED) is 0.563. The Kier molecular flexibility index (Phi) is 6.40. The standard InChI is InChI=1S/C18H21N3O4S/c22-16(23)9-15-17(24)20-18(26-15)21-19-10-12-4-3-5-13(8-12)11-25-14-6-1-2-7-14/h3-5,8,10,14-15H,1-2,6-7,9,11H2,(H,22,23)(H,20,21,24). The first kappa shape index (κ1) is 18.6. The summed E-state index contributed by atoms with van der Waals surface area (Å²) in [4.78, 5) is 22.3. The normalized spacial score (nSPS) is 22.4. The number of carboxylic acids is 1. The zero-order chi connectivity index (χ0) is 18.4. The average Bonchev–Trinajstić information content (AvgIpc) is 3.23. The summed E-state index contributed by atoms with van der Waals surface area (Å²) in [6, 6.07) is 7.86. The van der Waals surface area contributed by atoms with Crippen molar-refractivity contribution >= 4 is 35.0 Å². The van der Waals surface area contributed by atoms with Crippen molar-refractivity contribution in [3.05, 3.63) is 35.4 Å². The van der Waals surface area contributed by atoms with Crippen molar-refractivity contribution in [1.82, 2.24) is 5.32 Å². The third-order valence-corrected chi connectivity index (χ3v) is 5.30. The minimum Gasteiger partial charge on any atom is -0.481 e. The lowest BCUT2D eigenvalue weighted by Crippen LogP contribution is -2.26. The Morgan fingerprint density at radius 1 is 1.38 bits per heavy atom. The van der Waals surface area contributed by atoms with E-state index in [0.29, 0.717) is 17.9 Å². The molecular weight excluding hydrogens is 354 g/mol. The van der Waals surface area contributed by atoms with E-state index >= 15 is 0 Å². The second-order valence-electron chi connectivity index (χ2n) is 6.31. The number of benzene rings is 1. The molecule has 8 heteroatoms. The van der Waals surface area contributed by atoms with Crippen LogP contribution in [0.1, 0.15) is 43.2 Å². The summed E-state index contributed by atoms with van der Waals surface area (Å²) in [5, 5.41) is 18.9. The van der Waals surface area contributed by atoms with Crippen molar-refractivity contribution in [3.63, 3.8) is 0 Å². The number of carbonyl (C=O) groups is 2. The number of nitrogens with one attached hydrogen (secondary N) is 1. The molecule has 1 saturated carbocycles. The zero-order valence-corrected chi connectivity index (χ0v) is 15.1. The lowest BCUT2D eigenvalue weighted by atomic mass is 10.1. The highest BCUT2D eigenvalue weighted by Gasteiger charge is 2.32. The van der Waals surface area contributed by atoms with Crippen LogP contribution in [-0.4, -0.2) is 39.7 Å². The van der Waals surface area contributed by atoms with Gasteiger partial charge in [0, 0.05) is 0 Å². The second kappa shape index (κ2) is 8.95. The van der Waals surface area contributed by atoms with E-state index in [2.05, 4.69) is 15.5 Å². The van der Waals surface area contributed by atoms with Crippen molar-refractivity contribution in [1.29, 1.82) is 0 Å². The van der Waals surface area contributed by atoms with Crippen molar-refractivity contribution in [2.45, 2.75) is 50.1 Å². The molecule has 1 aliphatic carbocycles. The molecule has 138 valence electrons. The maximum atomic E-state index is 11.6. The molecule has 0 spiro atoms. The Labute approximate surface area is 155 Å². The summed E-state index contributed by atoms with van der Waals surface area (Å²) in [7, 11) is 0. The van der Waals surface area contributed by atoms with Crippen LogP contribution in [0.25, 0.3) is 0 Å². The minimum atomic E-state index is -1.01. The number of amides is 1. The molecule has 1 saturated heterocycles. The largest absolute Gasteiger partial charge is 0.481 e. The summed E-state index contributed by atoms with van der Waals surface area (Å²) in [6.07, 6.45) is 6.53. The molecule has 7 nitrogen and oxygen atoms in total. The van der Waals surface area contributed by atoms with Crippen LogP contribution in [0.15, 0.2) is 34.5 Å². The molecule has 0 bridgehead atoms. The van der Waals surface area contributed by atoms with Gasteiger partial charge in [-0.15, -0.1) is 5.10 Å². The van der Waals surface area contributed by atoms with Crippen LogP contribution in [-0.2, 0) is 20.9 Å². The number of rotatable bonds is 7. The van der Waals surface area contributed by atoms with E-state index in [0.717, 1.165) is 35.7 Å². The SMILES string of the molecule is O=C(O)CC1SC(=NN=Cc2cccc(COC3CCCC3)c2)NC1=O. The van der Waals surface area contributed by atoms with Gasteiger partial charge in [0.1, 0.15) is 5.25 Å². The number of hydrogen-bond acceptors (Lipinski definition) is 6. The summed E-state index contributed by atoms with van der Waals surface area (Å²) in [6.45, 7) is 0.587. The number of ether oxygens (including phenoxy) is 1. The highest BCUT2D eigenvalue weighted by atomic mass is 32.2. The van der Waals surface area contributed by atoms with Crippen LogP contribution in [0.2, 0.25) is 0 Å². The van der Waals surface area contributed by atoms with Crippen LogP contribution < -0.4 is 5.32 Å². The van der Waals surface area contributed by atoms with E-state index in [9.17, 15) is 9.59 Å². The molecule has 0 aromatic heterocycles. The van der Waals surface area contributed by atoms with E-state index in [-0.39, 0.29) is 12.3 Å². The lowest BCUT2D eigenvalue weighted by Gasteiger charge is -2.11. The third-order valence-electron chi connectivity index (χ3n) is 4.23. The van der Waals surface area contributed by atoms with Gasteiger partial charge in [-0.2, -0.15) is 5.10 Å². The monoisotopic (exact) mass is 375 g/mol. The van der Waals surface area contributed by atoms with Crippen molar-refractivity contribution in [2.75, 3.05) is 0 Å².